The Morgan fingerprint density at radius 1 is 0.526 bits per heavy atom. The molecule has 0 aromatic carbocycles. The van der Waals surface area contributed by atoms with Crippen molar-refractivity contribution in [1.29, 1.82) is 0 Å². The number of hydrogen-bond donors (Lipinski definition) is 2. The minimum atomic E-state index is -4.39. The van der Waals surface area contributed by atoms with Gasteiger partial charge >= 0.3 is 19.8 Å². The molecular formula is C47H84NO8P. The van der Waals surface area contributed by atoms with Crippen LogP contribution in [0.5, 0.6) is 0 Å². The highest BCUT2D eigenvalue weighted by molar-refractivity contribution is 7.47. The van der Waals surface area contributed by atoms with Gasteiger partial charge in [-0.3, -0.25) is 18.6 Å². The molecule has 0 aromatic rings. The van der Waals surface area contributed by atoms with E-state index in [2.05, 4.69) is 62.5 Å². The van der Waals surface area contributed by atoms with Crippen molar-refractivity contribution in [2.45, 2.75) is 200 Å². The first kappa shape index (κ1) is 54.7. The summed E-state index contributed by atoms with van der Waals surface area (Å²) < 4.78 is 32.7. The van der Waals surface area contributed by atoms with Gasteiger partial charge < -0.3 is 20.1 Å². The van der Waals surface area contributed by atoms with Gasteiger partial charge in [0.1, 0.15) is 6.61 Å². The second-order valence-electron chi connectivity index (χ2n) is 14.9. The highest BCUT2D eigenvalue weighted by Crippen LogP contribution is 2.43. The fourth-order valence-electron chi connectivity index (χ4n) is 6.03. The van der Waals surface area contributed by atoms with Crippen LogP contribution in [0.1, 0.15) is 194 Å². The molecular weight excluding hydrogens is 737 g/mol. The Morgan fingerprint density at radius 3 is 1.42 bits per heavy atom. The van der Waals surface area contributed by atoms with E-state index < -0.39 is 32.5 Å². The lowest BCUT2D eigenvalue weighted by Gasteiger charge is -2.19. The van der Waals surface area contributed by atoms with E-state index in [0.717, 1.165) is 44.9 Å². The van der Waals surface area contributed by atoms with Crippen molar-refractivity contribution in [2.24, 2.45) is 5.73 Å². The van der Waals surface area contributed by atoms with Gasteiger partial charge in [0.25, 0.3) is 0 Å². The summed E-state index contributed by atoms with van der Waals surface area (Å²) in [4.78, 5) is 34.9. The van der Waals surface area contributed by atoms with Gasteiger partial charge in [-0.15, -0.1) is 0 Å². The van der Waals surface area contributed by atoms with E-state index in [4.69, 9.17) is 24.3 Å². The predicted molar refractivity (Wildman–Crippen MR) is 238 cm³/mol. The van der Waals surface area contributed by atoms with Crippen molar-refractivity contribution in [1.82, 2.24) is 0 Å². The van der Waals surface area contributed by atoms with Gasteiger partial charge in [-0.05, 0) is 51.4 Å². The molecule has 0 radical (unpaired) electrons. The molecule has 0 aliphatic rings. The average molecular weight is 822 g/mol. The van der Waals surface area contributed by atoms with E-state index in [0.29, 0.717) is 12.8 Å². The second kappa shape index (κ2) is 43.3. The normalized spacial score (nSPS) is 13.8. The van der Waals surface area contributed by atoms with Gasteiger partial charge in [0, 0.05) is 19.4 Å². The van der Waals surface area contributed by atoms with Crippen LogP contribution in [-0.4, -0.2) is 49.3 Å². The summed E-state index contributed by atoms with van der Waals surface area (Å²) in [6, 6.07) is 0. The maximum absolute atomic E-state index is 12.6. The van der Waals surface area contributed by atoms with Crippen LogP contribution in [0.2, 0.25) is 0 Å². The highest BCUT2D eigenvalue weighted by Gasteiger charge is 2.25. The van der Waals surface area contributed by atoms with Crippen LogP contribution in [0.25, 0.3) is 0 Å². The molecule has 2 atom stereocenters. The summed E-state index contributed by atoms with van der Waals surface area (Å²) in [5, 5.41) is 0. The topological polar surface area (TPSA) is 134 Å². The minimum Gasteiger partial charge on any atom is -0.462 e. The number of esters is 2. The van der Waals surface area contributed by atoms with E-state index >= 15 is 0 Å². The lowest BCUT2D eigenvalue weighted by molar-refractivity contribution is -0.161. The number of hydrogen-bond acceptors (Lipinski definition) is 8. The first-order chi connectivity index (χ1) is 27.8. The summed E-state index contributed by atoms with van der Waals surface area (Å²) in [5.41, 5.74) is 5.35. The predicted octanol–water partition coefficient (Wildman–Crippen LogP) is 13.3. The molecule has 0 heterocycles. The molecule has 0 aliphatic carbocycles. The standard InChI is InChI=1S/C47H84NO8P/c1-3-5-7-9-11-13-15-17-19-21-22-24-25-27-29-31-33-35-37-39-46(49)53-43-45(44-55-57(51,52)54-42-41-48)56-47(50)40-38-36-34-32-30-28-26-23-20-18-16-14-12-10-8-6-4-2/h11,13,17,19,22,24,27,29,33,35,45H,3-10,12,14-16,18,20-21,23,25-26,28,30-32,34,36-44,48H2,1-2H3,(H,51,52). The van der Waals surface area contributed by atoms with Crippen LogP contribution in [0.15, 0.2) is 60.8 Å². The molecule has 0 fully saturated rings. The van der Waals surface area contributed by atoms with Crippen molar-refractivity contribution >= 4 is 19.8 Å². The molecule has 0 rings (SSSR count). The van der Waals surface area contributed by atoms with Crippen molar-refractivity contribution in [3.05, 3.63) is 60.8 Å². The Balaban J connectivity index is 4.24. The number of carbonyl (C=O) groups excluding carboxylic acids is 2. The molecule has 57 heavy (non-hydrogen) atoms. The molecule has 9 nitrogen and oxygen atoms in total. The van der Waals surface area contributed by atoms with Gasteiger partial charge in [-0.2, -0.15) is 0 Å². The molecule has 0 aliphatic heterocycles. The first-order valence-corrected chi connectivity index (χ1v) is 24.3. The third kappa shape index (κ3) is 43.1. The van der Waals surface area contributed by atoms with E-state index in [1.54, 1.807) is 0 Å². The first-order valence-electron chi connectivity index (χ1n) is 22.8. The summed E-state index contributed by atoms with van der Waals surface area (Å²) in [7, 11) is -4.39. The lowest BCUT2D eigenvalue weighted by Crippen LogP contribution is -2.29. The smallest absolute Gasteiger partial charge is 0.462 e. The number of phosphoric acid groups is 1. The Bertz CT molecular complexity index is 1120. The molecule has 0 aromatic heterocycles. The molecule has 0 saturated heterocycles. The zero-order chi connectivity index (χ0) is 41.8. The number of phosphoric ester groups is 1. The monoisotopic (exact) mass is 822 g/mol. The number of rotatable bonds is 42. The Kier molecular flexibility index (Phi) is 41.6. The van der Waals surface area contributed by atoms with E-state index in [-0.39, 0.29) is 32.6 Å². The zero-order valence-electron chi connectivity index (χ0n) is 36.3. The van der Waals surface area contributed by atoms with Crippen molar-refractivity contribution < 1.29 is 37.6 Å². The van der Waals surface area contributed by atoms with Gasteiger partial charge in [0.2, 0.25) is 0 Å². The van der Waals surface area contributed by atoms with E-state index in [1.165, 1.54) is 109 Å². The fraction of sp³-hybridized carbons (Fsp3) is 0.745. The number of carbonyl (C=O) groups is 2. The van der Waals surface area contributed by atoms with E-state index in [9.17, 15) is 19.0 Å². The van der Waals surface area contributed by atoms with Crippen LogP contribution >= 0.6 is 7.82 Å². The van der Waals surface area contributed by atoms with Gasteiger partial charge in [0.15, 0.2) is 6.10 Å². The van der Waals surface area contributed by atoms with Gasteiger partial charge in [-0.25, -0.2) is 4.57 Å². The number of ether oxygens (including phenoxy) is 2. The molecule has 10 heteroatoms. The largest absolute Gasteiger partial charge is 0.472 e. The summed E-state index contributed by atoms with van der Waals surface area (Å²) >= 11 is 0. The third-order valence-corrected chi connectivity index (χ3v) is 10.4. The second-order valence-corrected chi connectivity index (χ2v) is 16.4. The molecule has 3 N–H and O–H groups in total. The maximum atomic E-state index is 12.6. The average Bonchev–Trinajstić information content (AvgIpc) is 3.20. The highest BCUT2D eigenvalue weighted by atomic mass is 31.2. The van der Waals surface area contributed by atoms with Crippen LogP contribution in [0.4, 0.5) is 0 Å². The number of nitrogens with two attached hydrogens (primary N) is 1. The van der Waals surface area contributed by atoms with Gasteiger partial charge in [0.05, 0.1) is 13.2 Å². The molecule has 2 unspecified atom stereocenters. The number of unbranched alkanes of at least 4 members (excludes halogenated alkanes) is 19. The van der Waals surface area contributed by atoms with Crippen LogP contribution in [0, 0.1) is 0 Å². The maximum Gasteiger partial charge on any atom is 0.472 e. The Hall–Kier alpha value is -2.29. The minimum absolute atomic E-state index is 0.0430. The Morgan fingerprint density at radius 2 is 0.947 bits per heavy atom. The van der Waals surface area contributed by atoms with Gasteiger partial charge in [-0.1, -0.05) is 190 Å². The fourth-order valence-corrected chi connectivity index (χ4v) is 6.79. The summed E-state index contributed by atoms with van der Waals surface area (Å²) in [6.45, 7) is 3.63. The van der Waals surface area contributed by atoms with Crippen LogP contribution < -0.4 is 5.73 Å². The molecule has 0 amide bonds. The number of allylic oxidation sites excluding steroid dienone is 10. The summed E-state index contributed by atoms with van der Waals surface area (Å²) in [5.74, 6) is -0.922. The summed E-state index contributed by atoms with van der Waals surface area (Å²) in [6.07, 6.45) is 51.2. The zero-order valence-corrected chi connectivity index (χ0v) is 37.2. The van der Waals surface area contributed by atoms with Crippen molar-refractivity contribution in [2.75, 3.05) is 26.4 Å². The lowest BCUT2D eigenvalue weighted by atomic mass is 10.0. The van der Waals surface area contributed by atoms with E-state index in [1.807, 2.05) is 12.2 Å². The SMILES string of the molecule is CCCCCC=CCC=CCC=CCC=CCC=CCCC(=O)OCC(COP(=O)(O)OCCN)OC(=O)CCCCCCCCCCCCCCCCCCC. The molecule has 0 spiro atoms. The van der Waals surface area contributed by atoms with Crippen LogP contribution in [-0.2, 0) is 32.7 Å². The molecule has 0 saturated carbocycles. The van der Waals surface area contributed by atoms with Crippen LogP contribution in [0.3, 0.4) is 0 Å². The molecule has 0 bridgehead atoms. The van der Waals surface area contributed by atoms with Crippen molar-refractivity contribution in [3.63, 3.8) is 0 Å². The third-order valence-electron chi connectivity index (χ3n) is 9.42. The molecule has 330 valence electrons. The Labute approximate surface area is 349 Å². The quantitative estimate of drug-likeness (QED) is 0.0267. The van der Waals surface area contributed by atoms with Crippen molar-refractivity contribution in [3.8, 4) is 0 Å².